The predicted octanol–water partition coefficient (Wildman–Crippen LogP) is 2.97. The number of rotatable bonds is 3. The molecular formula is C11H6F5NO3. The molecule has 9 heteroatoms. The smallest absolute Gasteiger partial charge is 0.416 e. The molecule has 0 N–H and O–H groups in total. The average molecular weight is 295 g/mol. The molecule has 1 aromatic carbocycles. The van der Waals surface area contributed by atoms with Crippen LogP contribution >= 0.6 is 0 Å². The van der Waals surface area contributed by atoms with E-state index in [9.17, 15) is 26.7 Å². The van der Waals surface area contributed by atoms with Gasteiger partial charge in [-0.15, -0.1) is 0 Å². The van der Waals surface area contributed by atoms with Crippen LogP contribution in [0.25, 0.3) is 0 Å². The van der Waals surface area contributed by atoms with Gasteiger partial charge in [-0.1, -0.05) is 0 Å². The number of benzene rings is 1. The summed E-state index contributed by atoms with van der Waals surface area (Å²) in [5.74, 6) is -2.32. The summed E-state index contributed by atoms with van der Waals surface area (Å²) in [6.07, 6.45) is -4.91. The molecule has 0 bridgehead atoms. The van der Waals surface area contributed by atoms with Crippen molar-refractivity contribution in [3.05, 3.63) is 28.8 Å². The van der Waals surface area contributed by atoms with Crippen molar-refractivity contribution >= 4 is 5.97 Å². The maximum absolute atomic E-state index is 12.6. The van der Waals surface area contributed by atoms with Crippen LogP contribution in [0.15, 0.2) is 12.1 Å². The molecule has 0 spiro atoms. The molecular weight excluding hydrogens is 289 g/mol. The van der Waals surface area contributed by atoms with Crippen molar-refractivity contribution in [3.63, 3.8) is 0 Å². The van der Waals surface area contributed by atoms with Gasteiger partial charge in [-0.2, -0.15) is 27.2 Å². The van der Waals surface area contributed by atoms with Crippen molar-refractivity contribution in [2.45, 2.75) is 12.8 Å². The summed E-state index contributed by atoms with van der Waals surface area (Å²) in [5, 5.41) is 8.79. The summed E-state index contributed by atoms with van der Waals surface area (Å²) in [4.78, 5) is 11.3. The van der Waals surface area contributed by atoms with Crippen LogP contribution in [0.2, 0.25) is 0 Å². The summed E-state index contributed by atoms with van der Waals surface area (Å²) in [7, 11) is 0.872. The van der Waals surface area contributed by atoms with Gasteiger partial charge in [-0.3, -0.25) is 0 Å². The highest BCUT2D eigenvalue weighted by atomic mass is 19.4. The molecule has 1 aromatic rings. The lowest BCUT2D eigenvalue weighted by Crippen LogP contribution is -2.13. The van der Waals surface area contributed by atoms with E-state index < -0.39 is 41.2 Å². The molecule has 1 rings (SSSR count). The number of ether oxygens (including phenoxy) is 2. The summed E-state index contributed by atoms with van der Waals surface area (Å²) in [6, 6.07) is 1.89. The Kier molecular flexibility index (Phi) is 4.49. The first-order valence-corrected chi connectivity index (χ1v) is 4.89. The summed E-state index contributed by atoms with van der Waals surface area (Å²) in [5.41, 5.74) is -2.97. The number of carbonyl (C=O) groups excluding carboxylic acids is 1. The first-order chi connectivity index (χ1) is 9.20. The van der Waals surface area contributed by atoms with Gasteiger partial charge in [-0.05, 0) is 12.1 Å². The molecule has 0 amide bonds. The Morgan fingerprint density at radius 1 is 1.35 bits per heavy atom. The third kappa shape index (κ3) is 3.34. The number of methoxy groups -OCH3 is 1. The molecule has 0 aromatic heterocycles. The Morgan fingerprint density at radius 2 is 1.95 bits per heavy atom. The SMILES string of the molecule is COC(=O)c1cc(C(F)(F)F)cc(OC(F)F)c1C#N. The van der Waals surface area contributed by atoms with Crippen LogP contribution < -0.4 is 4.74 Å². The standard InChI is InChI=1S/C11H6F5NO3/c1-19-9(18)6-2-5(11(14,15)16)3-8(7(6)4-17)20-10(12)13/h2-3,10H,1H3. The fraction of sp³-hybridized carbons (Fsp3) is 0.273. The first-order valence-electron chi connectivity index (χ1n) is 4.89. The van der Waals surface area contributed by atoms with Crippen molar-refractivity contribution in [2.75, 3.05) is 7.11 Å². The highest BCUT2D eigenvalue weighted by Gasteiger charge is 2.34. The maximum Gasteiger partial charge on any atom is 0.416 e. The minimum absolute atomic E-state index is 0.219. The van der Waals surface area contributed by atoms with Crippen molar-refractivity contribution < 1.29 is 36.2 Å². The summed E-state index contributed by atoms with van der Waals surface area (Å²) >= 11 is 0. The lowest BCUT2D eigenvalue weighted by molar-refractivity contribution is -0.138. The number of nitrogens with zero attached hydrogens (tertiary/aromatic N) is 1. The molecule has 0 fully saturated rings. The van der Waals surface area contributed by atoms with Gasteiger partial charge in [0.25, 0.3) is 0 Å². The quantitative estimate of drug-likeness (QED) is 0.635. The first kappa shape index (κ1) is 15.7. The monoisotopic (exact) mass is 295 g/mol. The molecule has 20 heavy (non-hydrogen) atoms. The minimum Gasteiger partial charge on any atom is -0.465 e. The third-order valence-corrected chi connectivity index (χ3v) is 2.16. The van der Waals surface area contributed by atoms with Gasteiger partial charge >= 0.3 is 18.8 Å². The number of alkyl halides is 5. The highest BCUT2D eigenvalue weighted by molar-refractivity contribution is 5.93. The molecule has 0 atom stereocenters. The van der Waals surface area contributed by atoms with Crippen molar-refractivity contribution in [3.8, 4) is 11.8 Å². The lowest BCUT2D eigenvalue weighted by atomic mass is 10.0. The number of esters is 1. The molecule has 0 aliphatic carbocycles. The number of carbonyl (C=O) groups is 1. The van der Waals surface area contributed by atoms with Crippen molar-refractivity contribution in [1.82, 2.24) is 0 Å². The van der Waals surface area contributed by atoms with Gasteiger partial charge in [0.05, 0.1) is 18.2 Å². The molecule has 0 heterocycles. The molecule has 4 nitrogen and oxygen atoms in total. The van der Waals surface area contributed by atoms with E-state index in [1.165, 1.54) is 6.07 Å². The van der Waals surface area contributed by atoms with Gasteiger partial charge < -0.3 is 9.47 Å². The van der Waals surface area contributed by atoms with Gasteiger partial charge in [0.15, 0.2) is 0 Å². The maximum atomic E-state index is 12.6. The number of hydrogen-bond donors (Lipinski definition) is 0. The molecule has 0 saturated heterocycles. The molecule has 0 unspecified atom stereocenters. The van der Waals surface area contributed by atoms with E-state index >= 15 is 0 Å². The van der Waals surface area contributed by atoms with E-state index in [2.05, 4.69) is 9.47 Å². The van der Waals surface area contributed by atoms with E-state index in [0.29, 0.717) is 6.07 Å². The topological polar surface area (TPSA) is 59.3 Å². The van der Waals surface area contributed by atoms with Crippen LogP contribution in [0, 0.1) is 11.3 Å². The molecule has 0 saturated carbocycles. The zero-order chi connectivity index (χ0) is 15.5. The number of halogens is 5. The van der Waals surface area contributed by atoms with E-state index in [1.54, 1.807) is 0 Å². The zero-order valence-electron chi connectivity index (χ0n) is 9.79. The zero-order valence-corrected chi connectivity index (χ0v) is 9.79. The van der Waals surface area contributed by atoms with Gasteiger partial charge in [-0.25, -0.2) is 4.79 Å². The van der Waals surface area contributed by atoms with E-state index in [-0.39, 0.29) is 6.07 Å². The Morgan fingerprint density at radius 3 is 2.35 bits per heavy atom. The molecule has 108 valence electrons. The van der Waals surface area contributed by atoms with Gasteiger partial charge in [0.2, 0.25) is 0 Å². The van der Waals surface area contributed by atoms with Crippen LogP contribution in [0.1, 0.15) is 21.5 Å². The fourth-order valence-corrected chi connectivity index (χ4v) is 1.35. The average Bonchev–Trinajstić information content (AvgIpc) is 2.35. The Balaban J connectivity index is 3.57. The molecule has 0 aliphatic heterocycles. The number of hydrogen-bond acceptors (Lipinski definition) is 4. The van der Waals surface area contributed by atoms with Crippen LogP contribution in [-0.4, -0.2) is 19.7 Å². The second kappa shape index (κ2) is 5.73. The van der Waals surface area contributed by atoms with Crippen LogP contribution in [0.4, 0.5) is 22.0 Å². The Hall–Kier alpha value is -2.37. The summed E-state index contributed by atoms with van der Waals surface area (Å²) < 4.78 is 70.2. The predicted molar refractivity (Wildman–Crippen MR) is 54.1 cm³/mol. The van der Waals surface area contributed by atoms with Gasteiger partial charge in [0.1, 0.15) is 17.4 Å². The second-order valence-electron chi connectivity index (χ2n) is 3.38. The highest BCUT2D eigenvalue weighted by Crippen LogP contribution is 2.35. The fourth-order valence-electron chi connectivity index (χ4n) is 1.35. The third-order valence-electron chi connectivity index (χ3n) is 2.16. The largest absolute Gasteiger partial charge is 0.465 e. The minimum atomic E-state index is -4.91. The van der Waals surface area contributed by atoms with Crippen LogP contribution in [0.3, 0.4) is 0 Å². The van der Waals surface area contributed by atoms with Crippen LogP contribution in [-0.2, 0) is 10.9 Å². The Bertz CT molecular complexity index is 562. The van der Waals surface area contributed by atoms with Gasteiger partial charge in [0, 0.05) is 0 Å². The normalized spacial score (nSPS) is 11.1. The number of nitriles is 1. The van der Waals surface area contributed by atoms with Crippen molar-refractivity contribution in [1.29, 1.82) is 5.26 Å². The van der Waals surface area contributed by atoms with E-state index in [0.717, 1.165) is 7.11 Å². The lowest BCUT2D eigenvalue weighted by Gasteiger charge is -2.14. The summed E-state index contributed by atoms with van der Waals surface area (Å²) in [6.45, 7) is -3.45. The second-order valence-corrected chi connectivity index (χ2v) is 3.38. The van der Waals surface area contributed by atoms with Crippen LogP contribution in [0.5, 0.6) is 5.75 Å². The van der Waals surface area contributed by atoms with Crippen molar-refractivity contribution in [2.24, 2.45) is 0 Å². The van der Waals surface area contributed by atoms with E-state index in [1.807, 2.05) is 0 Å². The van der Waals surface area contributed by atoms with E-state index in [4.69, 9.17) is 5.26 Å². The molecule has 0 radical (unpaired) electrons. The Labute approximate surface area is 109 Å². The molecule has 0 aliphatic rings.